The third-order valence-electron chi connectivity index (χ3n) is 3.25. The molecule has 2 rings (SSSR count). The molecular formula is C14H20N2O. The number of carbonyl (C=O) groups is 1. The number of anilines is 1. The molecule has 1 aromatic carbocycles. The van der Waals surface area contributed by atoms with Crippen LogP contribution >= 0.6 is 0 Å². The first-order chi connectivity index (χ1) is 7.88. The van der Waals surface area contributed by atoms with Crippen molar-refractivity contribution < 1.29 is 4.79 Å². The zero-order valence-corrected chi connectivity index (χ0v) is 10.9. The van der Waals surface area contributed by atoms with Crippen molar-refractivity contribution in [3.8, 4) is 0 Å². The molecule has 0 spiro atoms. The summed E-state index contributed by atoms with van der Waals surface area (Å²) < 4.78 is 0. The monoisotopic (exact) mass is 232 g/mol. The summed E-state index contributed by atoms with van der Waals surface area (Å²) in [7, 11) is 0. The van der Waals surface area contributed by atoms with Gasteiger partial charge in [0.1, 0.15) is 0 Å². The minimum Gasteiger partial charge on any atom is -0.273 e. The van der Waals surface area contributed by atoms with Crippen LogP contribution < -0.4 is 10.4 Å². The van der Waals surface area contributed by atoms with Crippen LogP contribution in [0.1, 0.15) is 32.8 Å². The van der Waals surface area contributed by atoms with Crippen molar-refractivity contribution in [2.75, 3.05) is 5.01 Å². The fourth-order valence-corrected chi connectivity index (χ4v) is 1.95. The summed E-state index contributed by atoms with van der Waals surface area (Å²) in [4.78, 5) is 12.0. The van der Waals surface area contributed by atoms with Crippen LogP contribution in [0.3, 0.4) is 0 Å². The Balaban J connectivity index is 2.19. The minimum atomic E-state index is 0.0924. The van der Waals surface area contributed by atoms with E-state index >= 15 is 0 Å². The van der Waals surface area contributed by atoms with Gasteiger partial charge in [-0.25, -0.2) is 10.4 Å². The zero-order chi connectivity index (χ0) is 12.6. The Labute approximate surface area is 103 Å². The predicted octanol–water partition coefficient (Wildman–Crippen LogP) is 2.65. The van der Waals surface area contributed by atoms with Gasteiger partial charge in [0.15, 0.2) is 0 Å². The van der Waals surface area contributed by atoms with Crippen molar-refractivity contribution >= 4 is 11.6 Å². The Kier molecular flexibility index (Phi) is 2.96. The average Bonchev–Trinajstić information content (AvgIpc) is 2.61. The van der Waals surface area contributed by atoms with E-state index < -0.39 is 0 Å². The molecule has 0 bridgehead atoms. The molecule has 3 nitrogen and oxygen atoms in total. The Bertz CT molecular complexity index is 417. The van der Waals surface area contributed by atoms with Crippen molar-refractivity contribution in [3.05, 3.63) is 29.8 Å². The molecule has 1 aromatic rings. The molecule has 1 atom stereocenters. The number of rotatable bonds is 1. The maximum atomic E-state index is 12.0. The lowest BCUT2D eigenvalue weighted by Crippen LogP contribution is -2.42. The van der Waals surface area contributed by atoms with Gasteiger partial charge in [0, 0.05) is 12.5 Å². The first-order valence-corrected chi connectivity index (χ1v) is 6.04. The van der Waals surface area contributed by atoms with Gasteiger partial charge >= 0.3 is 0 Å². The predicted molar refractivity (Wildman–Crippen MR) is 69.7 cm³/mol. The van der Waals surface area contributed by atoms with E-state index in [0.717, 1.165) is 5.69 Å². The van der Waals surface area contributed by atoms with Gasteiger partial charge in [-0.1, -0.05) is 38.5 Å². The third kappa shape index (κ3) is 2.50. The van der Waals surface area contributed by atoms with Gasteiger partial charge in [-0.3, -0.25) is 4.79 Å². The first-order valence-electron chi connectivity index (χ1n) is 6.04. The summed E-state index contributed by atoms with van der Waals surface area (Å²) in [5.41, 5.74) is 5.52. The quantitative estimate of drug-likeness (QED) is 0.807. The van der Waals surface area contributed by atoms with Crippen LogP contribution in [-0.4, -0.2) is 11.9 Å². The first kappa shape index (κ1) is 12.1. The van der Waals surface area contributed by atoms with Crippen LogP contribution in [0.25, 0.3) is 0 Å². The van der Waals surface area contributed by atoms with E-state index in [1.54, 1.807) is 5.01 Å². The molecule has 1 fully saturated rings. The van der Waals surface area contributed by atoms with Crippen LogP contribution in [0.15, 0.2) is 24.3 Å². The summed E-state index contributed by atoms with van der Waals surface area (Å²) in [6.07, 6.45) is 0.567. The standard InChI is InChI=1S/C14H20N2O/c1-10-5-7-11(8-6-10)16-13(17)9-12(15-16)14(2,3)4/h5-8,12,15H,9H2,1-4H3. The van der Waals surface area contributed by atoms with E-state index in [1.165, 1.54) is 5.56 Å². The van der Waals surface area contributed by atoms with Gasteiger partial charge in [-0.2, -0.15) is 0 Å². The van der Waals surface area contributed by atoms with Crippen molar-refractivity contribution in [1.82, 2.24) is 5.43 Å². The van der Waals surface area contributed by atoms with Gasteiger partial charge < -0.3 is 0 Å². The van der Waals surface area contributed by atoms with E-state index in [0.29, 0.717) is 6.42 Å². The molecule has 0 aromatic heterocycles. The molecule has 1 N–H and O–H groups in total. The molecule has 1 amide bonds. The fraction of sp³-hybridized carbons (Fsp3) is 0.500. The van der Waals surface area contributed by atoms with Gasteiger partial charge in [-0.15, -0.1) is 0 Å². The molecule has 0 saturated carbocycles. The molecule has 0 aliphatic carbocycles. The highest BCUT2D eigenvalue weighted by molar-refractivity contribution is 5.95. The SMILES string of the molecule is Cc1ccc(N2NC(C(C)(C)C)CC2=O)cc1. The Morgan fingerprint density at radius 3 is 2.29 bits per heavy atom. The molecule has 1 heterocycles. The molecule has 1 unspecified atom stereocenters. The molecule has 1 saturated heterocycles. The Morgan fingerprint density at radius 2 is 1.82 bits per heavy atom. The molecule has 3 heteroatoms. The van der Waals surface area contributed by atoms with Crippen molar-refractivity contribution in [3.63, 3.8) is 0 Å². The normalized spacial score (nSPS) is 21.1. The van der Waals surface area contributed by atoms with Crippen LogP contribution in [0.4, 0.5) is 5.69 Å². The molecule has 1 aliphatic rings. The second-order valence-electron chi connectivity index (χ2n) is 5.82. The summed E-state index contributed by atoms with van der Waals surface area (Å²) in [5, 5.41) is 1.68. The lowest BCUT2D eigenvalue weighted by molar-refractivity contribution is -0.117. The van der Waals surface area contributed by atoms with Crippen molar-refractivity contribution in [1.29, 1.82) is 0 Å². The zero-order valence-electron chi connectivity index (χ0n) is 10.9. The second kappa shape index (κ2) is 4.15. The summed E-state index contributed by atoms with van der Waals surface area (Å²) in [5.74, 6) is 0.147. The van der Waals surface area contributed by atoms with Gasteiger partial charge in [0.25, 0.3) is 0 Å². The highest BCUT2D eigenvalue weighted by Crippen LogP contribution is 2.29. The second-order valence-corrected chi connectivity index (χ2v) is 5.82. The Morgan fingerprint density at radius 1 is 1.24 bits per heavy atom. The number of aryl methyl sites for hydroxylation is 1. The van der Waals surface area contributed by atoms with E-state index in [4.69, 9.17) is 0 Å². The number of amides is 1. The third-order valence-corrected chi connectivity index (χ3v) is 3.25. The fourth-order valence-electron chi connectivity index (χ4n) is 1.95. The highest BCUT2D eigenvalue weighted by Gasteiger charge is 2.37. The number of carbonyl (C=O) groups excluding carboxylic acids is 1. The number of hydrogen-bond acceptors (Lipinski definition) is 2. The van der Waals surface area contributed by atoms with Gasteiger partial charge in [0.05, 0.1) is 5.69 Å². The summed E-state index contributed by atoms with van der Waals surface area (Å²) in [6, 6.07) is 8.20. The lowest BCUT2D eigenvalue weighted by Gasteiger charge is -2.27. The molecule has 0 radical (unpaired) electrons. The summed E-state index contributed by atoms with van der Waals surface area (Å²) in [6.45, 7) is 8.49. The van der Waals surface area contributed by atoms with Gasteiger partial charge in [0.2, 0.25) is 5.91 Å². The molecular weight excluding hydrogens is 212 g/mol. The number of nitrogens with zero attached hydrogens (tertiary/aromatic N) is 1. The van der Waals surface area contributed by atoms with Crippen molar-refractivity contribution in [2.24, 2.45) is 5.41 Å². The summed E-state index contributed by atoms with van der Waals surface area (Å²) >= 11 is 0. The smallest absolute Gasteiger partial charge is 0.243 e. The van der Waals surface area contributed by atoms with E-state index in [9.17, 15) is 4.79 Å². The van der Waals surface area contributed by atoms with E-state index in [-0.39, 0.29) is 17.4 Å². The molecule has 92 valence electrons. The number of hydrazine groups is 1. The molecule has 1 aliphatic heterocycles. The van der Waals surface area contributed by atoms with E-state index in [2.05, 4.69) is 26.2 Å². The lowest BCUT2D eigenvalue weighted by atomic mass is 9.86. The van der Waals surface area contributed by atoms with Crippen LogP contribution in [0, 0.1) is 12.3 Å². The van der Waals surface area contributed by atoms with Crippen molar-refractivity contribution in [2.45, 2.75) is 40.2 Å². The average molecular weight is 232 g/mol. The topological polar surface area (TPSA) is 32.3 Å². The minimum absolute atomic E-state index is 0.0924. The maximum Gasteiger partial charge on any atom is 0.243 e. The largest absolute Gasteiger partial charge is 0.273 e. The van der Waals surface area contributed by atoms with E-state index in [1.807, 2.05) is 31.2 Å². The number of nitrogens with one attached hydrogen (secondary N) is 1. The van der Waals surface area contributed by atoms with Crippen LogP contribution in [-0.2, 0) is 4.79 Å². The highest BCUT2D eigenvalue weighted by atomic mass is 16.2. The maximum absolute atomic E-state index is 12.0. The molecule has 17 heavy (non-hydrogen) atoms. The number of benzene rings is 1. The Hall–Kier alpha value is -1.35. The number of hydrogen-bond donors (Lipinski definition) is 1. The van der Waals surface area contributed by atoms with Crippen LogP contribution in [0.5, 0.6) is 0 Å². The van der Waals surface area contributed by atoms with Gasteiger partial charge in [-0.05, 0) is 24.5 Å². The van der Waals surface area contributed by atoms with Crippen LogP contribution in [0.2, 0.25) is 0 Å².